The SMILES string of the molecule is C[C@H](C(=O)NS(=O)(=O)CCN1CCN(C(=O)OC(C)(C)C)CC1)c1ccsc1. The number of piperazine rings is 1. The average Bonchev–Trinajstić information content (AvgIpc) is 3.12. The van der Waals surface area contributed by atoms with Crippen LogP contribution in [0.5, 0.6) is 0 Å². The van der Waals surface area contributed by atoms with Crippen molar-refractivity contribution in [2.45, 2.75) is 39.2 Å². The van der Waals surface area contributed by atoms with Gasteiger partial charge in [-0.3, -0.25) is 14.4 Å². The van der Waals surface area contributed by atoms with Crippen LogP contribution in [0.1, 0.15) is 39.2 Å². The highest BCUT2D eigenvalue weighted by atomic mass is 32.2. The first-order valence-electron chi connectivity index (χ1n) is 9.23. The summed E-state index contributed by atoms with van der Waals surface area (Å²) >= 11 is 1.46. The second-order valence-electron chi connectivity index (χ2n) is 7.87. The molecule has 10 heteroatoms. The lowest BCUT2D eigenvalue weighted by molar-refractivity contribution is -0.120. The van der Waals surface area contributed by atoms with E-state index in [1.165, 1.54) is 11.3 Å². The van der Waals surface area contributed by atoms with Crippen LogP contribution < -0.4 is 4.72 Å². The van der Waals surface area contributed by atoms with Crippen LogP contribution in [0.3, 0.4) is 0 Å². The molecule has 1 fully saturated rings. The maximum Gasteiger partial charge on any atom is 0.410 e. The Labute approximate surface area is 170 Å². The van der Waals surface area contributed by atoms with Gasteiger partial charge in [0.05, 0.1) is 11.7 Å². The number of thiophene rings is 1. The Bertz CT molecular complexity index is 764. The van der Waals surface area contributed by atoms with Gasteiger partial charge in [-0.05, 0) is 50.1 Å². The standard InChI is InChI=1S/C18H29N3O5S2/c1-14(15-5-11-27-13-15)16(22)19-28(24,25)12-10-20-6-8-21(9-7-20)17(23)26-18(2,3)4/h5,11,13-14H,6-10,12H2,1-4H3,(H,19,22)/t14-/m0/s1. The van der Waals surface area contributed by atoms with Crippen molar-refractivity contribution in [3.8, 4) is 0 Å². The van der Waals surface area contributed by atoms with Gasteiger partial charge in [0, 0.05) is 32.7 Å². The molecule has 0 aliphatic carbocycles. The molecule has 8 nitrogen and oxygen atoms in total. The fourth-order valence-electron chi connectivity index (χ4n) is 2.70. The number of sulfonamides is 1. The fraction of sp³-hybridized carbons (Fsp3) is 0.667. The van der Waals surface area contributed by atoms with Crippen LogP contribution in [0.15, 0.2) is 16.8 Å². The quantitative estimate of drug-likeness (QED) is 0.738. The zero-order valence-corrected chi connectivity index (χ0v) is 18.4. The Kier molecular flexibility index (Phi) is 7.46. The molecular formula is C18H29N3O5S2. The molecule has 158 valence electrons. The van der Waals surface area contributed by atoms with Crippen molar-refractivity contribution in [1.82, 2.24) is 14.5 Å². The van der Waals surface area contributed by atoms with Gasteiger partial charge in [-0.1, -0.05) is 0 Å². The van der Waals surface area contributed by atoms with Gasteiger partial charge in [0.1, 0.15) is 5.60 Å². The molecular weight excluding hydrogens is 402 g/mol. The molecule has 1 atom stereocenters. The molecule has 2 amide bonds. The number of carbonyl (C=O) groups excluding carboxylic acids is 2. The van der Waals surface area contributed by atoms with Gasteiger partial charge in [-0.25, -0.2) is 13.2 Å². The molecule has 1 aliphatic heterocycles. The van der Waals surface area contributed by atoms with Crippen molar-refractivity contribution in [3.63, 3.8) is 0 Å². The molecule has 0 unspecified atom stereocenters. The van der Waals surface area contributed by atoms with Gasteiger partial charge >= 0.3 is 6.09 Å². The number of carbonyl (C=O) groups is 2. The van der Waals surface area contributed by atoms with Gasteiger partial charge < -0.3 is 9.64 Å². The molecule has 2 heterocycles. The van der Waals surface area contributed by atoms with E-state index in [1.54, 1.807) is 11.8 Å². The lowest BCUT2D eigenvalue weighted by Gasteiger charge is -2.35. The number of rotatable bonds is 6. The number of ether oxygens (including phenoxy) is 1. The maximum atomic E-state index is 12.2. The summed E-state index contributed by atoms with van der Waals surface area (Å²) in [6.45, 7) is 9.54. The van der Waals surface area contributed by atoms with Crippen LogP contribution in [0.2, 0.25) is 0 Å². The molecule has 0 bridgehead atoms. The van der Waals surface area contributed by atoms with Crippen LogP contribution in [0.4, 0.5) is 4.79 Å². The molecule has 0 saturated carbocycles. The van der Waals surface area contributed by atoms with E-state index in [-0.39, 0.29) is 11.8 Å². The highest BCUT2D eigenvalue weighted by Gasteiger charge is 2.27. The van der Waals surface area contributed by atoms with Crippen molar-refractivity contribution in [2.24, 2.45) is 0 Å². The van der Waals surface area contributed by atoms with Crippen molar-refractivity contribution in [3.05, 3.63) is 22.4 Å². The van der Waals surface area contributed by atoms with Gasteiger partial charge in [0.15, 0.2) is 0 Å². The Balaban J connectivity index is 1.76. The molecule has 0 spiro atoms. The highest BCUT2D eigenvalue weighted by molar-refractivity contribution is 7.90. The fourth-order valence-corrected chi connectivity index (χ4v) is 4.53. The second-order valence-corrected chi connectivity index (χ2v) is 10.5. The van der Waals surface area contributed by atoms with Crippen LogP contribution >= 0.6 is 11.3 Å². The number of hydrogen-bond donors (Lipinski definition) is 1. The topological polar surface area (TPSA) is 96.0 Å². The molecule has 1 aromatic heterocycles. The van der Waals surface area contributed by atoms with E-state index in [2.05, 4.69) is 4.72 Å². The van der Waals surface area contributed by atoms with E-state index >= 15 is 0 Å². The summed E-state index contributed by atoms with van der Waals surface area (Å²) < 4.78 is 32.0. The average molecular weight is 432 g/mol. The monoisotopic (exact) mass is 431 g/mol. The zero-order chi connectivity index (χ0) is 20.9. The molecule has 0 aromatic carbocycles. The first kappa shape index (κ1) is 22.6. The van der Waals surface area contributed by atoms with Crippen LogP contribution in [-0.4, -0.2) is 74.3 Å². The number of nitrogens with zero attached hydrogens (tertiary/aromatic N) is 2. The summed E-state index contributed by atoms with van der Waals surface area (Å²) in [6.07, 6.45) is -0.352. The summed E-state index contributed by atoms with van der Waals surface area (Å²) in [5, 5.41) is 3.69. The van der Waals surface area contributed by atoms with Crippen molar-refractivity contribution >= 4 is 33.4 Å². The zero-order valence-electron chi connectivity index (χ0n) is 16.8. The van der Waals surface area contributed by atoms with E-state index in [4.69, 9.17) is 4.74 Å². The van der Waals surface area contributed by atoms with Gasteiger partial charge in [0.25, 0.3) is 0 Å². The minimum atomic E-state index is -3.71. The molecule has 2 rings (SSSR count). The van der Waals surface area contributed by atoms with Crippen LogP contribution in [0.25, 0.3) is 0 Å². The smallest absolute Gasteiger partial charge is 0.410 e. The Hall–Kier alpha value is -1.65. The van der Waals surface area contributed by atoms with E-state index in [9.17, 15) is 18.0 Å². The predicted octanol–water partition coefficient (Wildman–Crippen LogP) is 1.85. The van der Waals surface area contributed by atoms with Crippen molar-refractivity contribution < 1.29 is 22.7 Å². The maximum absolute atomic E-state index is 12.2. The number of nitrogens with one attached hydrogen (secondary N) is 1. The van der Waals surface area contributed by atoms with E-state index < -0.39 is 27.4 Å². The molecule has 1 saturated heterocycles. The van der Waals surface area contributed by atoms with Crippen molar-refractivity contribution in [2.75, 3.05) is 38.5 Å². The third-order valence-electron chi connectivity index (χ3n) is 4.39. The van der Waals surface area contributed by atoms with Gasteiger partial charge in [-0.2, -0.15) is 11.3 Å². The molecule has 1 aromatic rings. The summed E-state index contributed by atoms with van der Waals surface area (Å²) in [6, 6.07) is 1.81. The molecule has 0 radical (unpaired) electrons. The highest BCUT2D eigenvalue weighted by Crippen LogP contribution is 2.18. The third kappa shape index (κ3) is 7.06. The lowest BCUT2D eigenvalue weighted by Crippen LogP contribution is -2.51. The first-order valence-corrected chi connectivity index (χ1v) is 11.8. The summed E-state index contributed by atoms with van der Waals surface area (Å²) in [5.41, 5.74) is 0.261. The van der Waals surface area contributed by atoms with Gasteiger partial charge in [0.2, 0.25) is 15.9 Å². The molecule has 1 N–H and O–H groups in total. The first-order chi connectivity index (χ1) is 13.0. The Morgan fingerprint density at radius 3 is 2.43 bits per heavy atom. The molecule has 1 aliphatic rings. The second kappa shape index (κ2) is 9.23. The molecule has 28 heavy (non-hydrogen) atoms. The minimum absolute atomic E-state index is 0.165. The summed E-state index contributed by atoms with van der Waals surface area (Å²) in [7, 11) is -3.71. The van der Waals surface area contributed by atoms with Crippen LogP contribution in [0, 0.1) is 0 Å². The third-order valence-corrected chi connectivity index (χ3v) is 6.33. The Morgan fingerprint density at radius 2 is 1.89 bits per heavy atom. The van der Waals surface area contributed by atoms with E-state index in [0.29, 0.717) is 32.7 Å². The predicted molar refractivity (Wildman–Crippen MR) is 109 cm³/mol. The van der Waals surface area contributed by atoms with Crippen LogP contribution in [-0.2, 0) is 19.6 Å². The number of hydrogen-bond acceptors (Lipinski definition) is 7. The lowest BCUT2D eigenvalue weighted by atomic mass is 10.1. The summed E-state index contributed by atoms with van der Waals surface area (Å²) in [4.78, 5) is 27.8. The number of amides is 2. The van der Waals surface area contributed by atoms with Crippen molar-refractivity contribution in [1.29, 1.82) is 0 Å². The normalized spacial score (nSPS) is 17.2. The van der Waals surface area contributed by atoms with Gasteiger partial charge in [-0.15, -0.1) is 0 Å². The summed E-state index contributed by atoms with van der Waals surface area (Å²) in [5.74, 6) is -1.20. The minimum Gasteiger partial charge on any atom is -0.444 e. The van der Waals surface area contributed by atoms with E-state index in [1.807, 2.05) is 42.5 Å². The largest absolute Gasteiger partial charge is 0.444 e. The van der Waals surface area contributed by atoms with E-state index in [0.717, 1.165) is 5.56 Å². The Morgan fingerprint density at radius 1 is 1.25 bits per heavy atom.